The van der Waals surface area contributed by atoms with Crippen LogP contribution in [0.5, 0.6) is 5.75 Å². The summed E-state index contributed by atoms with van der Waals surface area (Å²) in [6.45, 7) is 0. The highest BCUT2D eigenvalue weighted by Crippen LogP contribution is 2.38. The third-order valence-corrected chi connectivity index (χ3v) is 3.27. The van der Waals surface area contributed by atoms with Gasteiger partial charge < -0.3 is 10.5 Å². The standard InChI is InChI=1S/C12H16N2O3/c1-17-10-4-2-3-9(11(10)14(15)16)5-6-12(13)7-8-12/h2-4H,5-8,13H2,1H3. The summed E-state index contributed by atoms with van der Waals surface area (Å²) in [7, 11) is 1.44. The molecule has 5 heteroatoms. The number of rotatable bonds is 5. The van der Waals surface area contributed by atoms with Crippen LogP contribution in [-0.2, 0) is 6.42 Å². The van der Waals surface area contributed by atoms with Crippen molar-refractivity contribution < 1.29 is 9.66 Å². The Balaban J connectivity index is 2.22. The molecule has 0 bridgehead atoms. The molecule has 1 fully saturated rings. The summed E-state index contributed by atoms with van der Waals surface area (Å²) in [5.41, 5.74) is 6.67. The van der Waals surface area contributed by atoms with E-state index in [9.17, 15) is 10.1 Å². The molecule has 1 aliphatic carbocycles. The molecule has 1 aromatic carbocycles. The Morgan fingerprint density at radius 2 is 2.24 bits per heavy atom. The summed E-state index contributed by atoms with van der Waals surface area (Å²) in [6, 6.07) is 5.15. The Kier molecular flexibility index (Phi) is 3.02. The number of hydrogen-bond acceptors (Lipinski definition) is 4. The largest absolute Gasteiger partial charge is 0.490 e. The molecule has 0 radical (unpaired) electrons. The van der Waals surface area contributed by atoms with Crippen molar-refractivity contribution in [3.63, 3.8) is 0 Å². The lowest BCUT2D eigenvalue weighted by Gasteiger charge is -2.10. The van der Waals surface area contributed by atoms with E-state index in [0.29, 0.717) is 17.7 Å². The van der Waals surface area contributed by atoms with Gasteiger partial charge >= 0.3 is 5.69 Å². The summed E-state index contributed by atoms with van der Waals surface area (Å²) < 4.78 is 5.02. The van der Waals surface area contributed by atoms with Gasteiger partial charge in [-0.3, -0.25) is 10.1 Å². The fourth-order valence-corrected chi connectivity index (χ4v) is 1.94. The van der Waals surface area contributed by atoms with Crippen LogP contribution >= 0.6 is 0 Å². The maximum absolute atomic E-state index is 11.0. The number of hydrogen-bond donors (Lipinski definition) is 1. The van der Waals surface area contributed by atoms with Crippen molar-refractivity contribution in [2.75, 3.05) is 7.11 Å². The van der Waals surface area contributed by atoms with Gasteiger partial charge in [0.05, 0.1) is 12.0 Å². The minimum absolute atomic E-state index is 0.0688. The quantitative estimate of drug-likeness (QED) is 0.626. The van der Waals surface area contributed by atoms with E-state index in [4.69, 9.17) is 10.5 Å². The van der Waals surface area contributed by atoms with Crippen molar-refractivity contribution in [3.8, 4) is 5.75 Å². The van der Waals surface area contributed by atoms with Crippen LogP contribution in [0.1, 0.15) is 24.8 Å². The van der Waals surface area contributed by atoms with Crippen LogP contribution in [0.2, 0.25) is 0 Å². The zero-order valence-corrected chi connectivity index (χ0v) is 9.81. The zero-order chi connectivity index (χ0) is 12.5. The molecule has 0 unspecified atom stereocenters. The SMILES string of the molecule is COc1cccc(CCC2(N)CC2)c1[N+](=O)[O-]. The van der Waals surface area contributed by atoms with Gasteiger partial charge in [0.25, 0.3) is 0 Å². The van der Waals surface area contributed by atoms with Crippen molar-refractivity contribution in [1.29, 1.82) is 0 Å². The topological polar surface area (TPSA) is 78.4 Å². The molecular weight excluding hydrogens is 220 g/mol. The Hall–Kier alpha value is -1.62. The van der Waals surface area contributed by atoms with Crippen LogP contribution in [0, 0.1) is 10.1 Å². The number of methoxy groups -OCH3 is 1. The number of nitrogens with two attached hydrogens (primary N) is 1. The first-order chi connectivity index (χ1) is 8.06. The van der Waals surface area contributed by atoms with Crippen LogP contribution < -0.4 is 10.5 Å². The van der Waals surface area contributed by atoms with Gasteiger partial charge in [-0.1, -0.05) is 12.1 Å². The number of aryl methyl sites for hydroxylation is 1. The molecule has 5 nitrogen and oxygen atoms in total. The van der Waals surface area contributed by atoms with E-state index >= 15 is 0 Å². The summed E-state index contributed by atoms with van der Waals surface area (Å²) in [5.74, 6) is 0.314. The summed E-state index contributed by atoms with van der Waals surface area (Å²) >= 11 is 0. The second-order valence-corrected chi connectivity index (χ2v) is 4.59. The van der Waals surface area contributed by atoms with Crippen molar-refractivity contribution in [2.45, 2.75) is 31.2 Å². The predicted octanol–water partition coefficient (Wildman–Crippen LogP) is 2.03. The molecule has 0 heterocycles. The molecule has 1 aromatic rings. The molecular formula is C12H16N2O3. The van der Waals surface area contributed by atoms with Crippen LogP contribution in [0.25, 0.3) is 0 Å². The third kappa shape index (κ3) is 2.55. The van der Waals surface area contributed by atoms with Crippen LogP contribution in [0.15, 0.2) is 18.2 Å². The average molecular weight is 236 g/mol. The van der Waals surface area contributed by atoms with Crippen LogP contribution in [0.4, 0.5) is 5.69 Å². The molecule has 0 spiro atoms. The van der Waals surface area contributed by atoms with E-state index in [1.54, 1.807) is 18.2 Å². The van der Waals surface area contributed by atoms with Crippen molar-refractivity contribution in [3.05, 3.63) is 33.9 Å². The molecule has 0 aliphatic heterocycles. The first-order valence-corrected chi connectivity index (χ1v) is 5.65. The van der Waals surface area contributed by atoms with Gasteiger partial charge in [-0.2, -0.15) is 0 Å². The van der Waals surface area contributed by atoms with Gasteiger partial charge in [0.15, 0.2) is 5.75 Å². The van der Waals surface area contributed by atoms with E-state index in [1.807, 2.05) is 0 Å². The van der Waals surface area contributed by atoms with Gasteiger partial charge in [-0.15, -0.1) is 0 Å². The fourth-order valence-electron chi connectivity index (χ4n) is 1.94. The van der Waals surface area contributed by atoms with Gasteiger partial charge in [-0.05, 0) is 31.7 Å². The first-order valence-electron chi connectivity index (χ1n) is 5.65. The monoisotopic (exact) mass is 236 g/mol. The van der Waals surface area contributed by atoms with Gasteiger partial charge in [0, 0.05) is 11.1 Å². The highest BCUT2D eigenvalue weighted by atomic mass is 16.6. The Morgan fingerprint density at radius 3 is 2.76 bits per heavy atom. The van der Waals surface area contributed by atoms with Crippen molar-refractivity contribution in [1.82, 2.24) is 0 Å². The minimum atomic E-state index is -0.385. The fraction of sp³-hybridized carbons (Fsp3) is 0.500. The van der Waals surface area contributed by atoms with Crippen molar-refractivity contribution >= 4 is 5.69 Å². The first kappa shape index (κ1) is 11.9. The number of para-hydroxylation sites is 1. The van der Waals surface area contributed by atoms with Gasteiger partial charge in [-0.25, -0.2) is 0 Å². The summed E-state index contributed by atoms with van der Waals surface area (Å²) in [6.07, 6.45) is 3.46. The van der Waals surface area contributed by atoms with Crippen molar-refractivity contribution in [2.24, 2.45) is 5.73 Å². The number of nitro groups is 1. The number of benzene rings is 1. The molecule has 0 saturated heterocycles. The van der Waals surface area contributed by atoms with Gasteiger partial charge in [0.1, 0.15) is 0 Å². The lowest BCUT2D eigenvalue weighted by Crippen LogP contribution is -2.22. The van der Waals surface area contributed by atoms with Crippen LogP contribution in [0.3, 0.4) is 0 Å². The number of ether oxygens (including phenoxy) is 1. The van der Waals surface area contributed by atoms with E-state index in [1.165, 1.54) is 7.11 Å². The summed E-state index contributed by atoms with van der Waals surface area (Å²) in [4.78, 5) is 10.7. The van der Waals surface area contributed by atoms with E-state index in [2.05, 4.69) is 0 Å². The van der Waals surface area contributed by atoms with E-state index < -0.39 is 0 Å². The molecule has 2 rings (SSSR count). The Bertz CT molecular complexity index is 441. The van der Waals surface area contributed by atoms with E-state index in [0.717, 1.165) is 19.3 Å². The minimum Gasteiger partial charge on any atom is -0.490 e. The lowest BCUT2D eigenvalue weighted by atomic mass is 10.0. The molecule has 92 valence electrons. The van der Waals surface area contributed by atoms with Gasteiger partial charge in [0.2, 0.25) is 0 Å². The predicted molar refractivity (Wildman–Crippen MR) is 64.1 cm³/mol. The molecule has 0 aromatic heterocycles. The Labute approximate surface area is 99.7 Å². The molecule has 17 heavy (non-hydrogen) atoms. The molecule has 2 N–H and O–H groups in total. The summed E-state index contributed by atoms with van der Waals surface area (Å²) in [5, 5.41) is 11.0. The average Bonchev–Trinajstić information content (AvgIpc) is 3.04. The highest BCUT2D eigenvalue weighted by Gasteiger charge is 2.38. The molecule has 0 atom stereocenters. The lowest BCUT2D eigenvalue weighted by molar-refractivity contribution is -0.386. The van der Waals surface area contributed by atoms with E-state index in [-0.39, 0.29) is 16.1 Å². The smallest absolute Gasteiger partial charge is 0.314 e. The number of nitrogens with zero attached hydrogens (tertiary/aromatic N) is 1. The normalized spacial score (nSPS) is 16.6. The number of nitro benzene ring substituents is 1. The Morgan fingerprint density at radius 1 is 1.53 bits per heavy atom. The molecule has 1 saturated carbocycles. The van der Waals surface area contributed by atoms with Crippen LogP contribution in [-0.4, -0.2) is 17.6 Å². The zero-order valence-electron chi connectivity index (χ0n) is 9.81. The molecule has 0 amide bonds. The maximum atomic E-state index is 11.0. The maximum Gasteiger partial charge on any atom is 0.314 e. The third-order valence-electron chi connectivity index (χ3n) is 3.27. The second-order valence-electron chi connectivity index (χ2n) is 4.59. The highest BCUT2D eigenvalue weighted by molar-refractivity contribution is 5.52. The second kappa shape index (κ2) is 4.33. The molecule has 1 aliphatic rings.